The van der Waals surface area contributed by atoms with Crippen LogP contribution in [0.25, 0.3) is 0 Å². The summed E-state index contributed by atoms with van der Waals surface area (Å²) in [6, 6.07) is -2.94. The highest BCUT2D eigenvalue weighted by Gasteiger charge is 2.44. The Labute approximate surface area is 241 Å². The summed E-state index contributed by atoms with van der Waals surface area (Å²) < 4.78 is 1.46. The fourth-order valence-corrected chi connectivity index (χ4v) is 5.50. The van der Waals surface area contributed by atoms with Crippen LogP contribution in [0.15, 0.2) is 17.4 Å². The molecule has 2 aromatic rings. The molecule has 226 valence electrons. The predicted octanol–water partition coefficient (Wildman–Crippen LogP) is -0.423. The van der Waals surface area contributed by atoms with Crippen molar-refractivity contribution in [3.63, 3.8) is 0 Å². The summed E-state index contributed by atoms with van der Waals surface area (Å²) in [6.07, 6.45) is 7.79. The standard InChI is InChI=1S/C26H36N10O6/c1-14(21(37)22(27)38)30-24(40)19-10-16(36-20(12-29-34-36)26(2,3)42)13-35(19)25(41)17(9-15-7-5-4-6-8-15)31-23(39)18-11-28-33-32-18/h11-12,14-16,19,42H,4-10,13H2,1-3H3,(H2,27,38)(H,30,40)(H,28,32,33)/b31-17+/t14?,16-,19-/m0/s1. The summed E-state index contributed by atoms with van der Waals surface area (Å²) >= 11 is 0. The van der Waals surface area contributed by atoms with E-state index in [1.807, 2.05) is 0 Å². The van der Waals surface area contributed by atoms with Gasteiger partial charge in [-0.1, -0.05) is 42.5 Å². The van der Waals surface area contributed by atoms with Gasteiger partial charge in [-0.3, -0.25) is 29.1 Å². The Morgan fingerprint density at radius 1 is 1.21 bits per heavy atom. The van der Waals surface area contributed by atoms with Crippen LogP contribution in [0, 0.1) is 5.92 Å². The van der Waals surface area contributed by atoms with Crippen LogP contribution in [-0.2, 0) is 24.8 Å². The van der Waals surface area contributed by atoms with Gasteiger partial charge >= 0.3 is 0 Å². The lowest BCUT2D eigenvalue weighted by Gasteiger charge is -2.27. The second kappa shape index (κ2) is 12.7. The average Bonchev–Trinajstić information content (AvgIpc) is 3.72. The number of hydrogen-bond donors (Lipinski definition) is 4. The molecule has 0 bridgehead atoms. The molecular weight excluding hydrogens is 548 g/mol. The van der Waals surface area contributed by atoms with E-state index in [1.165, 1.54) is 28.9 Å². The van der Waals surface area contributed by atoms with Crippen molar-refractivity contribution in [1.29, 1.82) is 0 Å². The summed E-state index contributed by atoms with van der Waals surface area (Å²) in [5, 5.41) is 30.8. The fraction of sp³-hybridized carbons (Fsp3) is 0.615. The lowest BCUT2D eigenvalue weighted by atomic mass is 9.85. The number of likely N-dealkylation sites (tertiary alicyclic amines) is 1. The zero-order valence-corrected chi connectivity index (χ0v) is 23.8. The van der Waals surface area contributed by atoms with Crippen LogP contribution < -0.4 is 11.1 Å². The molecule has 1 aliphatic carbocycles. The Hall–Kier alpha value is -4.34. The van der Waals surface area contributed by atoms with Crippen LogP contribution in [0.4, 0.5) is 0 Å². The molecule has 0 spiro atoms. The van der Waals surface area contributed by atoms with Crippen LogP contribution >= 0.6 is 0 Å². The first-order chi connectivity index (χ1) is 19.9. The number of carbonyl (C=O) groups is 5. The second-order valence-corrected chi connectivity index (χ2v) is 11.4. The van der Waals surface area contributed by atoms with Crippen molar-refractivity contribution in [2.45, 2.75) is 89.4 Å². The minimum atomic E-state index is -1.32. The molecule has 0 aromatic carbocycles. The van der Waals surface area contributed by atoms with Crippen molar-refractivity contribution in [3.8, 4) is 0 Å². The van der Waals surface area contributed by atoms with Crippen molar-refractivity contribution < 1.29 is 29.1 Å². The van der Waals surface area contributed by atoms with Gasteiger partial charge in [-0.2, -0.15) is 0 Å². The lowest BCUT2D eigenvalue weighted by Crippen LogP contribution is -2.52. The molecule has 4 rings (SSSR count). The maximum absolute atomic E-state index is 14.1. The number of ketones is 1. The molecule has 0 radical (unpaired) electrons. The number of aromatic nitrogens is 6. The number of aromatic amines is 1. The summed E-state index contributed by atoms with van der Waals surface area (Å²) in [6.45, 7) is 4.42. The lowest BCUT2D eigenvalue weighted by molar-refractivity contribution is -0.139. The average molecular weight is 585 g/mol. The number of rotatable bonds is 10. The molecule has 1 saturated heterocycles. The van der Waals surface area contributed by atoms with E-state index in [0.717, 1.165) is 32.1 Å². The molecule has 3 atom stereocenters. The van der Waals surface area contributed by atoms with Gasteiger partial charge in [-0.15, -0.1) is 10.2 Å². The quantitative estimate of drug-likeness (QED) is 0.208. The molecule has 16 nitrogen and oxygen atoms in total. The molecule has 5 N–H and O–H groups in total. The summed E-state index contributed by atoms with van der Waals surface area (Å²) in [5.74, 6) is -4.14. The van der Waals surface area contributed by atoms with Crippen LogP contribution in [0.2, 0.25) is 0 Å². The maximum Gasteiger partial charge on any atom is 0.299 e. The van der Waals surface area contributed by atoms with Crippen molar-refractivity contribution in [1.82, 2.24) is 40.6 Å². The van der Waals surface area contributed by atoms with E-state index in [9.17, 15) is 29.1 Å². The van der Waals surface area contributed by atoms with Crippen LogP contribution in [-0.4, -0.2) is 94.2 Å². The highest BCUT2D eigenvalue weighted by atomic mass is 16.3. The highest BCUT2D eigenvalue weighted by Crippen LogP contribution is 2.33. The third kappa shape index (κ3) is 6.92. The minimum Gasteiger partial charge on any atom is -0.384 e. The summed E-state index contributed by atoms with van der Waals surface area (Å²) in [4.78, 5) is 69.4. The van der Waals surface area contributed by atoms with E-state index >= 15 is 0 Å². The fourth-order valence-electron chi connectivity index (χ4n) is 5.50. The molecule has 4 amide bonds. The molecule has 2 aliphatic rings. The third-order valence-electron chi connectivity index (χ3n) is 7.71. The van der Waals surface area contributed by atoms with Gasteiger partial charge in [-0.25, -0.2) is 9.67 Å². The number of aliphatic imine (C=N–C) groups is 1. The van der Waals surface area contributed by atoms with E-state index in [-0.39, 0.29) is 36.7 Å². The largest absolute Gasteiger partial charge is 0.384 e. The van der Waals surface area contributed by atoms with E-state index in [1.54, 1.807) is 13.8 Å². The number of nitrogens with one attached hydrogen (secondary N) is 2. The molecule has 3 heterocycles. The number of nitrogens with two attached hydrogens (primary N) is 1. The number of aliphatic hydroxyl groups is 1. The Kier molecular flexibility index (Phi) is 9.23. The van der Waals surface area contributed by atoms with E-state index in [0.29, 0.717) is 5.69 Å². The number of hydrogen-bond acceptors (Lipinski definition) is 10. The summed E-state index contributed by atoms with van der Waals surface area (Å²) in [5.41, 5.74) is 4.07. The van der Waals surface area contributed by atoms with Crippen molar-refractivity contribution in [3.05, 3.63) is 23.8 Å². The Balaban J connectivity index is 1.68. The Morgan fingerprint density at radius 2 is 1.93 bits per heavy atom. The molecule has 1 unspecified atom stereocenters. The monoisotopic (exact) mass is 584 g/mol. The predicted molar refractivity (Wildman–Crippen MR) is 146 cm³/mol. The molecule has 2 aromatic heterocycles. The van der Waals surface area contributed by atoms with Crippen LogP contribution in [0.3, 0.4) is 0 Å². The van der Waals surface area contributed by atoms with Crippen molar-refractivity contribution in [2.24, 2.45) is 16.6 Å². The van der Waals surface area contributed by atoms with Gasteiger partial charge in [0.25, 0.3) is 17.7 Å². The zero-order valence-electron chi connectivity index (χ0n) is 23.8. The highest BCUT2D eigenvalue weighted by molar-refractivity contribution is 6.41. The smallest absolute Gasteiger partial charge is 0.299 e. The van der Waals surface area contributed by atoms with E-state index in [2.05, 4.69) is 36.0 Å². The van der Waals surface area contributed by atoms with Crippen LogP contribution in [0.5, 0.6) is 0 Å². The maximum atomic E-state index is 14.1. The first kappa shape index (κ1) is 30.6. The number of amides is 4. The van der Waals surface area contributed by atoms with E-state index < -0.39 is 53.1 Å². The van der Waals surface area contributed by atoms with Crippen LogP contribution in [0.1, 0.15) is 87.9 Å². The van der Waals surface area contributed by atoms with Gasteiger partial charge in [0.1, 0.15) is 17.4 Å². The Bertz CT molecular complexity index is 1360. The number of primary amides is 1. The number of Topliss-reactive ketones (excluding diaryl/α,β-unsaturated/α-hetero) is 1. The van der Waals surface area contributed by atoms with Crippen molar-refractivity contribution >= 4 is 35.1 Å². The van der Waals surface area contributed by atoms with E-state index in [4.69, 9.17) is 5.73 Å². The summed E-state index contributed by atoms with van der Waals surface area (Å²) in [7, 11) is 0. The van der Waals surface area contributed by atoms with Gasteiger partial charge < -0.3 is 21.1 Å². The molecule has 1 aliphatic heterocycles. The minimum absolute atomic E-state index is 0.0177. The van der Waals surface area contributed by atoms with Gasteiger partial charge in [0.15, 0.2) is 5.69 Å². The second-order valence-electron chi connectivity index (χ2n) is 11.4. The molecular formula is C26H36N10O6. The number of carbonyl (C=O) groups excluding carboxylic acids is 5. The SMILES string of the molecule is CC(NC(=O)[C@@H]1C[C@H](n2nncc2C(C)(C)O)CN1C(=O)/C(CC1CCCCC1)=N/C(=O)c1c[nH]nn1)C(=O)C(N)=O. The number of nitrogens with zero attached hydrogens (tertiary/aromatic N) is 7. The number of H-pyrrole nitrogens is 1. The molecule has 16 heteroatoms. The molecule has 2 fully saturated rings. The Morgan fingerprint density at radius 3 is 2.55 bits per heavy atom. The van der Waals surface area contributed by atoms with Gasteiger partial charge in [0.2, 0.25) is 11.7 Å². The molecule has 42 heavy (non-hydrogen) atoms. The molecule has 1 saturated carbocycles. The zero-order chi connectivity index (χ0) is 30.6. The first-order valence-electron chi connectivity index (χ1n) is 13.9. The normalized spacial score (nSPS) is 20.8. The van der Waals surface area contributed by atoms with Gasteiger partial charge in [0, 0.05) is 13.0 Å². The first-order valence-corrected chi connectivity index (χ1v) is 13.9. The topological polar surface area (TPSA) is 232 Å². The third-order valence-corrected chi connectivity index (χ3v) is 7.71. The van der Waals surface area contributed by atoms with Gasteiger partial charge in [-0.05, 0) is 33.1 Å². The van der Waals surface area contributed by atoms with Crippen molar-refractivity contribution in [2.75, 3.05) is 6.54 Å². The van der Waals surface area contributed by atoms with Gasteiger partial charge in [0.05, 0.1) is 30.2 Å².